The predicted octanol–water partition coefficient (Wildman–Crippen LogP) is 1.19. The third-order valence-corrected chi connectivity index (χ3v) is 2.80. The molecule has 0 aliphatic rings. The van der Waals surface area contributed by atoms with Gasteiger partial charge >= 0.3 is 0 Å². The molecule has 17 heavy (non-hydrogen) atoms. The number of hydrogen-bond donors (Lipinski definition) is 2. The fourth-order valence-corrected chi connectivity index (χ4v) is 1.83. The van der Waals surface area contributed by atoms with Crippen LogP contribution in [0.5, 0.6) is 0 Å². The van der Waals surface area contributed by atoms with Crippen molar-refractivity contribution in [2.24, 2.45) is 0 Å². The average Bonchev–Trinajstić information content (AvgIpc) is 2.86. The predicted molar refractivity (Wildman–Crippen MR) is 67.8 cm³/mol. The quantitative estimate of drug-likeness (QED) is 0.781. The topological polar surface area (TPSA) is 87.7 Å². The molecule has 0 aliphatic heterocycles. The molecule has 6 heteroatoms. The summed E-state index contributed by atoms with van der Waals surface area (Å²) in [6, 6.07) is 0.305. The van der Waals surface area contributed by atoms with Gasteiger partial charge in [-0.2, -0.15) is 0 Å². The number of anilines is 1. The number of rotatable bonds is 3. The van der Waals surface area contributed by atoms with Crippen LogP contribution in [0.15, 0.2) is 12.5 Å². The lowest BCUT2D eigenvalue weighted by Gasteiger charge is -2.10. The van der Waals surface area contributed by atoms with E-state index < -0.39 is 0 Å². The van der Waals surface area contributed by atoms with E-state index in [1.807, 2.05) is 11.5 Å². The number of nitrogens with two attached hydrogens (primary N) is 2. The summed E-state index contributed by atoms with van der Waals surface area (Å²) in [4.78, 5) is 8.61. The fraction of sp³-hybridized carbons (Fsp3) is 0.455. The van der Waals surface area contributed by atoms with Gasteiger partial charge in [-0.25, -0.2) is 14.6 Å². The molecule has 0 aromatic carbocycles. The normalized spacial score (nSPS) is 11.3. The molecule has 2 aromatic heterocycles. The highest BCUT2D eigenvalue weighted by atomic mass is 15.4. The SMILES string of the molecule is CCc1nc(-c2cncn2C(C)C)c(N)n1N. The third kappa shape index (κ3) is 1.75. The van der Waals surface area contributed by atoms with E-state index in [0.717, 1.165) is 17.9 Å². The molecule has 4 N–H and O–H groups in total. The van der Waals surface area contributed by atoms with E-state index in [1.54, 1.807) is 12.5 Å². The van der Waals surface area contributed by atoms with Crippen molar-refractivity contribution in [3.05, 3.63) is 18.3 Å². The van der Waals surface area contributed by atoms with Crippen LogP contribution in [0, 0.1) is 0 Å². The van der Waals surface area contributed by atoms with Crippen LogP contribution in [0.4, 0.5) is 5.82 Å². The number of aryl methyl sites for hydroxylation is 1. The van der Waals surface area contributed by atoms with Gasteiger partial charge in [0, 0.05) is 12.5 Å². The van der Waals surface area contributed by atoms with Crippen LogP contribution in [0.25, 0.3) is 11.4 Å². The number of nitrogen functional groups attached to an aromatic ring is 2. The first-order valence-corrected chi connectivity index (χ1v) is 5.70. The minimum atomic E-state index is 0.305. The Hall–Kier alpha value is -1.98. The zero-order valence-electron chi connectivity index (χ0n) is 10.4. The summed E-state index contributed by atoms with van der Waals surface area (Å²) in [6.07, 6.45) is 4.29. The molecule has 0 fully saturated rings. The summed E-state index contributed by atoms with van der Waals surface area (Å²) in [5.41, 5.74) is 7.58. The Morgan fingerprint density at radius 3 is 2.65 bits per heavy atom. The molecular formula is C11H18N6. The summed E-state index contributed by atoms with van der Waals surface area (Å²) in [6.45, 7) is 6.16. The summed E-state index contributed by atoms with van der Waals surface area (Å²) in [7, 11) is 0. The summed E-state index contributed by atoms with van der Waals surface area (Å²) in [5, 5.41) is 0. The van der Waals surface area contributed by atoms with Gasteiger partial charge in [0.2, 0.25) is 0 Å². The van der Waals surface area contributed by atoms with Gasteiger partial charge in [0.1, 0.15) is 11.5 Å². The molecule has 0 amide bonds. The van der Waals surface area contributed by atoms with Crippen molar-refractivity contribution < 1.29 is 0 Å². The van der Waals surface area contributed by atoms with E-state index in [1.165, 1.54) is 4.68 Å². The van der Waals surface area contributed by atoms with Crippen molar-refractivity contribution in [2.75, 3.05) is 11.6 Å². The molecule has 2 rings (SSSR count). The van der Waals surface area contributed by atoms with Crippen LogP contribution in [-0.2, 0) is 6.42 Å². The molecule has 0 radical (unpaired) electrons. The highest BCUT2D eigenvalue weighted by Gasteiger charge is 2.17. The molecule has 0 saturated carbocycles. The molecule has 0 spiro atoms. The fourth-order valence-electron chi connectivity index (χ4n) is 1.83. The molecule has 0 bridgehead atoms. The largest absolute Gasteiger partial charge is 0.382 e. The van der Waals surface area contributed by atoms with Crippen LogP contribution in [0.3, 0.4) is 0 Å². The van der Waals surface area contributed by atoms with E-state index in [2.05, 4.69) is 23.8 Å². The van der Waals surface area contributed by atoms with Crippen molar-refractivity contribution in [1.82, 2.24) is 19.2 Å². The Morgan fingerprint density at radius 2 is 2.12 bits per heavy atom. The summed E-state index contributed by atoms with van der Waals surface area (Å²) in [5.74, 6) is 7.09. The molecule has 0 unspecified atom stereocenters. The van der Waals surface area contributed by atoms with Gasteiger partial charge < -0.3 is 16.1 Å². The number of imidazole rings is 2. The van der Waals surface area contributed by atoms with Gasteiger partial charge in [0.05, 0.1) is 18.2 Å². The second kappa shape index (κ2) is 4.12. The first kappa shape index (κ1) is 11.5. The molecule has 92 valence electrons. The Bertz CT molecular complexity index is 522. The first-order chi connectivity index (χ1) is 8.06. The zero-order valence-corrected chi connectivity index (χ0v) is 10.4. The van der Waals surface area contributed by atoms with Crippen LogP contribution in [0.2, 0.25) is 0 Å². The van der Waals surface area contributed by atoms with Gasteiger partial charge in [-0.3, -0.25) is 0 Å². The molecule has 2 heterocycles. The Kier molecular flexibility index (Phi) is 2.79. The lowest BCUT2D eigenvalue weighted by Crippen LogP contribution is -2.15. The molecular weight excluding hydrogens is 216 g/mol. The molecule has 6 nitrogen and oxygen atoms in total. The van der Waals surface area contributed by atoms with Crippen molar-refractivity contribution in [2.45, 2.75) is 33.2 Å². The Labute approximate surface area is 100 Å². The minimum absolute atomic E-state index is 0.305. The summed E-state index contributed by atoms with van der Waals surface area (Å²) >= 11 is 0. The van der Waals surface area contributed by atoms with Gasteiger partial charge in [-0.1, -0.05) is 6.92 Å². The lowest BCUT2D eigenvalue weighted by molar-refractivity contribution is 0.604. The van der Waals surface area contributed by atoms with Crippen molar-refractivity contribution in [3.63, 3.8) is 0 Å². The maximum absolute atomic E-state index is 5.97. The van der Waals surface area contributed by atoms with Gasteiger partial charge in [0.15, 0.2) is 5.82 Å². The Balaban J connectivity index is 2.57. The standard InChI is InChI=1S/C11H18N6/c1-4-9-15-10(11(12)17(9)13)8-5-14-6-16(8)7(2)3/h5-7H,4,12-13H2,1-3H3. The second-order valence-corrected chi connectivity index (χ2v) is 4.27. The van der Waals surface area contributed by atoms with E-state index in [-0.39, 0.29) is 0 Å². The average molecular weight is 234 g/mol. The van der Waals surface area contributed by atoms with Gasteiger partial charge in [-0.05, 0) is 13.8 Å². The van der Waals surface area contributed by atoms with Crippen LogP contribution < -0.4 is 11.6 Å². The molecule has 0 aliphatic carbocycles. The lowest BCUT2D eigenvalue weighted by atomic mass is 10.3. The molecule has 2 aromatic rings. The molecule has 0 atom stereocenters. The van der Waals surface area contributed by atoms with Crippen molar-refractivity contribution >= 4 is 5.82 Å². The van der Waals surface area contributed by atoms with Crippen LogP contribution >= 0.6 is 0 Å². The van der Waals surface area contributed by atoms with Crippen molar-refractivity contribution in [3.8, 4) is 11.4 Å². The number of aromatic nitrogens is 4. The van der Waals surface area contributed by atoms with E-state index >= 15 is 0 Å². The third-order valence-electron chi connectivity index (χ3n) is 2.80. The van der Waals surface area contributed by atoms with Crippen LogP contribution in [0.1, 0.15) is 32.6 Å². The maximum Gasteiger partial charge on any atom is 0.152 e. The second-order valence-electron chi connectivity index (χ2n) is 4.27. The minimum Gasteiger partial charge on any atom is -0.382 e. The highest BCUT2D eigenvalue weighted by Crippen LogP contribution is 2.26. The van der Waals surface area contributed by atoms with Crippen LogP contribution in [-0.4, -0.2) is 19.2 Å². The van der Waals surface area contributed by atoms with E-state index in [0.29, 0.717) is 17.6 Å². The highest BCUT2D eigenvalue weighted by molar-refractivity contribution is 5.68. The Morgan fingerprint density at radius 1 is 1.41 bits per heavy atom. The smallest absolute Gasteiger partial charge is 0.152 e. The van der Waals surface area contributed by atoms with Gasteiger partial charge in [0.25, 0.3) is 0 Å². The first-order valence-electron chi connectivity index (χ1n) is 5.70. The maximum atomic E-state index is 5.97. The van der Waals surface area contributed by atoms with E-state index in [4.69, 9.17) is 11.6 Å². The number of nitrogens with zero attached hydrogens (tertiary/aromatic N) is 4. The van der Waals surface area contributed by atoms with Crippen molar-refractivity contribution in [1.29, 1.82) is 0 Å². The summed E-state index contributed by atoms with van der Waals surface area (Å²) < 4.78 is 3.46. The van der Waals surface area contributed by atoms with E-state index in [9.17, 15) is 0 Å². The number of hydrogen-bond acceptors (Lipinski definition) is 4. The molecule has 0 saturated heterocycles. The van der Waals surface area contributed by atoms with Gasteiger partial charge in [-0.15, -0.1) is 0 Å². The zero-order chi connectivity index (χ0) is 12.6. The monoisotopic (exact) mass is 234 g/mol.